The normalized spacial score (nSPS) is 23.0. The highest BCUT2D eigenvalue weighted by Gasteiger charge is 2.43. The Bertz CT molecular complexity index is 827. The maximum absolute atomic E-state index is 12.0. The average Bonchev–Trinajstić information content (AvgIpc) is 2.95. The number of hydrogen-bond donors (Lipinski definition) is 1. The second kappa shape index (κ2) is 6.26. The lowest BCUT2D eigenvalue weighted by Gasteiger charge is -2.40. The van der Waals surface area contributed by atoms with Gasteiger partial charge in [0.05, 0.1) is 5.69 Å². The Hall–Kier alpha value is -2.21. The largest absolute Gasteiger partial charge is 0.347 e. The number of aromatic amines is 1. The van der Waals surface area contributed by atoms with Crippen LogP contribution < -0.4 is 10.5 Å². The van der Waals surface area contributed by atoms with Crippen LogP contribution in [-0.4, -0.2) is 47.0 Å². The molecule has 1 aliphatic carbocycles. The molecule has 1 atom stereocenters. The molecule has 2 aromatic rings. The number of pyridine rings is 1. The molecule has 0 saturated carbocycles. The second-order valence-electron chi connectivity index (χ2n) is 7.56. The van der Waals surface area contributed by atoms with E-state index in [1.54, 1.807) is 6.20 Å². The Morgan fingerprint density at radius 1 is 1.36 bits per heavy atom. The first-order valence-corrected chi connectivity index (χ1v) is 9.00. The molecule has 2 aliphatic rings. The molecule has 3 heterocycles. The molecule has 4 rings (SSSR count). The van der Waals surface area contributed by atoms with Crippen molar-refractivity contribution < 1.29 is 0 Å². The zero-order chi connectivity index (χ0) is 17.4. The summed E-state index contributed by atoms with van der Waals surface area (Å²) in [6.07, 6.45) is 8.21. The number of fused-ring (bicyclic) bond motifs is 2. The number of aromatic nitrogens is 3. The molecular weight excluding hydrogens is 314 g/mol. The molecule has 6 heteroatoms. The Balaban J connectivity index is 1.61. The smallest absolute Gasteiger partial charge is 0.252 e. The van der Waals surface area contributed by atoms with Crippen molar-refractivity contribution in [3.8, 4) is 0 Å². The van der Waals surface area contributed by atoms with Crippen molar-refractivity contribution in [1.29, 1.82) is 0 Å². The van der Waals surface area contributed by atoms with Crippen molar-refractivity contribution in [3.63, 3.8) is 0 Å². The van der Waals surface area contributed by atoms with Crippen LogP contribution in [0.4, 0.5) is 5.95 Å². The first-order chi connectivity index (χ1) is 12.1. The number of piperidine rings is 1. The zero-order valence-corrected chi connectivity index (χ0v) is 15.0. The van der Waals surface area contributed by atoms with Crippen molar-refractivity contribution in [2.24, 2.45) is 0 Å². The molecule has 1 saturated heterocycles. The summed E-state index contributed by atoms with van der Waals surface area (Å²) in [6.45, 7) is 2.72. The predicted octanol–water partition coefficient (Wildman–Crippen LogP) is 1.71. The van der Waals surface area contributed by atoms with Crippen LogP contribution in [0.25, 0.3) is 0 Å². The number of aryl methyl sites for hydroxylation is 1. The summed E-state index contributed by atoms with van der Waals surface area (Å²) in [5.41, 5.74) is 3.51. The van der Waals surface area contributed by atoms with E-state index in [0.29, 0.717) is 6.54 Å². The van der Waals surface area contributed by atoms with Crippen LogP contribution in [0, 0.1) is 0 Å². The molecule has 0 aromatic carbocycles. The molecule has 0 amide bonds. The van der Waals surface area contributed by atoms with Crippen molar-refractivity contribution in [2.75, 3.05) is 32.1 Å². The molecule has 1 unspecified atom stereocenters. The lowest BCUT2D eigenvalue weighted by molar-refractivity contribution is 0.136. The van der Waals surface area contributed by atoms with E-state index in [-0.39, 0.29) is 11.0 Å². The molecule has 2 aromatic heterocycles. The molecule has 132 valence electrons. The van der Waals surface area contributed by atoms with Gasteiger partial charge in [-0.05, 0) is 43.9 Å². The molecular formula is C19H25N5O. The van der Waals surface area contributed by atoms with Crippen molar-refractivity contribution >= 4 is 5.95 Å². The number of likely N-dealkylation sites (tertiary alicyclic amines) is 1. The number of anilines is 1. The number of nitrogens with zero attached hydrogens (tertiary/aromatic N) is 4. The number of hydrogen-bond acceptors (Lipinski definition) is 5. The van der Waals surface area contributed by atoms with Crippen LogP contribution in [-0.2, 0) is 18.4 Å². The maximum Gasteiger partial charge on any atom is 0.252 e. The summed E-state index contributed by atoms with van der Waals surface area (Å²) < 4.78 is 0. The fourth-order valence-electron chi connectivity index (χ4n) is 4.33. The Labute approximate surface area is 147 Å². The molecule has 0 bridgehead atoms. The van der Waals surface area contributed by atoms with E-state index in [1.165, 1.54) is 17.7 Å². The van der Waals surface area contributed by atoms with E-state index in [4.69, 9.17) is 4.98 Å². The summed E-state index contributed by atoms with van der Waals surface area (Å²) in [7, 11) is 3.97. The number of rotatable bonds is 3. The van der Waals surface area contributed by atoms with Gasteiger partial charge in [0, 0.05) is 50.6 Å². The van der Waals surface area contributed by atoms with Gasteiger partial charge in [0.25, 0.3) is 5.56 Å². The van der Waals surface area contributed by atoms with Gasteiger partial charge in [-0.1, -0.05) is 6.07 Å². The van der Waals surface area contributed by atoms with E-state index in [1.807, 2.05) is 37.3 Å². The zero-order valence-electron chi connectivity index (χ0n) is 15.0. The van der Waals surface area contributed by atoms with Crippen LogP contribution in [0.2, 0.25) is 0 Å². The second-order valence-corrected chi connectivity index (χ2v) is 7.56. The summed E-state index contributed by atoms with van der Waals surface area (Å²) in [5.74, 6) is 0.789. The van der Waals surface area contributed by atoms with Gasteiger partial charge < -0.3 is 9.88 Å². The van der Waals surface area contributed by atoms with Crippen LogP contribution >= 0.6 is 0 Å². The van der Waals surface area contributed by atoms with E-state index < -0.39 is 0 Å². The van der Waals surface area contributed by atoms with Gasteiger partial charge in [-0.15, -0.1) is 0 Å². The fourth-order valence-corrected chi connectivity index (χ4v) is 4.33. The minimum atomic E-state index is 0.0196. The van der Waals surface area contributed by atoms with Crippen molar-refractivity contribution in [1.82, 2.24) is 19.9 Å². The van der Waals surface area contributed by atoms with E-state index >= 15 is 0 Å². The van der Waals surface area contributed by atoms with Crippen molar-refractivity contribution in [3.05, 3.63) is 51.7 Å². The topological polar surface area (TPSA) is 65.1 Å². The van der Waals surface area contributed by atoms with E-state index in [0.717, 1.165) is 43.9 Å². The third-order valence-corrected chi connectivity index (χ3v) is 5.58. The van der Waals surface area contributed by atoms with Gasteiger partial charge in [0.15, 0.2) is 0 Å². The van der Waals surface area contributed by atoms with Crippen LogP contribution in [0.1, 0.15) is 36.1 Å². The Morgan fingerprint density at radius 2 is 2.24 bits per heavy atom. The summed E-state index contributed by atoms with van der Waals surface area (Å²) >= 11 is 0. The monoisotopic (exact) mass is 339 g/mol. The summed E-state index contributed by atoms with van der Waals surface area (Å²) in [6, 6.07) is 3.83. The van der Waals surface area contributed by atoms with Gasteiger partial charge in [0.2, 0.25) is 5.95 Å². The van der Waals surface area contributed by atoms with Gasteiger partial charge >= 0.3 is 0 Å². The van der Waals surface area contributed by atoms with Crippen LogP contribution in [0.15, 0.2) is 29.3 Å². The third-order valence-electron chi connectivity index (χ3n) is 5.58. The lowest BCUT2D eigenvalue weighted by atomic mass is 9.77. The first kappa shape index (κ1) is 16.3. The van der Waals surface area contributed by atoms with Gasteiger partial charge in [0.1, 0.15) is 0 Å². The molecule has 1 aliphatic heterocycles. The quantitative estimate of drug-likeness (QED) is 0.922. The van der Waals surface area contributed by atoms with Crippen LogP contribution in [0.5, 0.6) is 0 Å². The molecule has 25 heavy (non-hydrogen) atoms. The molecule has 1 spiro atoms. The fraction of sp³-hybridized carbons (Fsp3) is 0.526. The van der Waals surface area contributed by atoms with Gasteiger partial charge in [-0.3, -0.25) is 9.69 Å². The highest BCUT2D eigenvalue weighted by Crippen LogP contribution is 2.44. The highest BCUT2D eigenvalue weighted by molar-refractivity contribution is 5.39. The SMILES string of the molecule is CN(C)c1ncc2c(n1)C1(CCCN(Cc3ccc[nH]c3=O)C1)CC2. The Morgan fingerprint density at radius 3 is 3.04 bits per heavy atom. The van der Waals surface area contributed by atoms with E-state index in [9.17, 15) is 4.79 Å². The number of nitrogens with one attached hydrogen (secondary N) is 1. The standard InChI is InChI=1S/C19H25N5O/c1-23(2)18-21-11-14-6-8-19(16(14)22-18)7-4-10-24(13-19)12-15-5-3-9-20-17(15)25/h3,5,9,11H,4,6-8,10,12-13H2,1-2H3,(H,20,25). The third kappa shape index (κ3) is 2.95. The lowest BCUT2D eigenvalue weighted by Crippen LogP contribution is -2.45. The summed E-state index contributed by atoms with van der Waals surface area (Å²) in [4.78, 5) is 28.6. The van der Waals surface area contributed by atoms with Crippen molar-refractivity contribution in [2.45, 2.75) is 37.6 Å². The van der Waals surface area contributed by atoms with E-state index in [2.05, 4.69) is 14.9 Å². The van der Waals surface area contributed by atoms with Crippen LogP contribution in [0.3, 0.4) is 0 Å². The molecule has 6 nitrogen and oxygen atoms in total. The minimum Gasteiger partial charge on any atom is -0.347 e. The van der Waals surface area contributed by atoms with Gasteiger partial charge in [-0.2, -0.15) is 0 Å². The van der Waals surface area contributed by atoms with Gasteiger partial charge in [-0.25, -0.2) is 9.97 Å². The molecule has 0 radical (unpaired) electrons. The maximum atomic E-state index is 12.0. The average molecular weight is 339 g/mol. The molecule has 1 fully saturated rings. The predicted molar refractivity (Wildman–Crippen MR) is 97.9 cm³/mol. The highest BCUT2D eigenvalue weighted by atomic mass is 16.1. The summed E-state index contributed by atoms with van der Waals surface area (Å²) in [5, 5.41) is 0. The number of H-pyrrole nitrogens is 1. The Kier molecular flexibility index (Phi) is 4.07. The first-order valence-electron chi connectivity index (χ1n) is 9.00. The molecule has 1 N–H and O–H groups in total. The minimum absolute atomic E-state index is 0.0196.